The maximum Gasteiger partial charge on any atom is 0.306 e. The molecule has 128 valence electrons. The zero-order valence-electron chi connectivity index (χ0n) is 13.3. The molecule has 2 amide bonds. The summed E-state index contributed by atoms with van der Waals surface area (Å²) in [7, 11) is 0. The van der Waals surface area contributed by atoms with Crippen molar-refractivity contribution in [1.29, 1.82) is 0 Å². The summed E-state index contributed by atoms with van der Waals surface area (Å²) in [6, 6.07) is 7.60. The number of rotatable bonds is 4. The van der Waals surface area contributed by atoms with Gasteiger partial charge in [-0.1, -0.05) is 18.2 Å². The predicted molar refractivity (Wildman–Crippen MR) is 85.7 cm³/mol. The van der Waals surface area contributed by atoms with Crippen LogP contribution in [-0.2, 0) is 25.5 Å². The standard InChI is InChI=1S/C17H20N2O5/c20-15-6-5-12-3-1-2-4-14(12)19(15)11-16(21)18-7-8-24-13(10-18)9-17(22)23/h1-4,13H,5-11H2,(H,22,23). The van der Waals surface area contributed by atoms with Crippen molar-refractivity contribution in [2.24, 2.45) is 0 Å². The number of ether oxygens (including phenoxy) is 1. The van der Waals surface area contributed by atoms with Crippen molar-refractivity contribution in [2.75, 3.05) is 31.1 Å². The Balaban J connectivity index is 1.68. The third-order valence-electron chi connectivity index (χ3n) is 4.38. The lowest BCUT2D eigenvalue weighted by Gasteiger charge is -2.35. The van der Waals surface area contributed by atoms with Gasteiger partial charge < -0.3 is 19.6 Å². The highest BCUT2D eigenvalue weighted by molar-refractivity contribution is 6.01. The van der Waals surface area contributed by atoms with E-state index in [4.69, 9.17) is 9.84 Å². The summed E-state index contributed by atoms with van der Waals surface area (Å²) >= 11 is 0. The molecule has 1 aromatic rings. The molecule has 1 N–H and O–H groups in total. The first kappa shape index (κ1) is 16.4. The number of aryl methyl sites for hydroxylation is 1. The van der Waals surface area contributed by atoms with E-state index in [1.807, 2.05) is 24.3 Å². The van der Waals surface area contributed by atoms with E-state index in [0.29, 0.717) is 26.0 Å². The molecule has 2 aliphatic heterocycles. The fraction of sp³-hybridized carbons (Fsp3) is 0.471. The van der Waals surface area contributed by atoms with Crippen LogP contribution >= 0.6 is 0 Å². The van der Waals surface area contributed by atoms with Gasteiger partial charge in [0.25, 0.3) is 0 Å². The molecule has 1 unspecified atom stereocenters. The Hall–Kier alpha value is -2.41. The van der Waals surface area contributed by atoms with Gasteiger partial charge in [0.2, 0.25) is 11.8 Å². The van der Waals surface area contributed by atoms with Crippen LogP contribution in [0.4, 0.5) is 5.69 Å². The van der Waals surface area contributed by atoms with E-state index in [1.54, 1.807) is 4.90 Å². The van der Waals surface area contributed by atoms with E-state index in [-0.39, 0.29) is 31.3 Å². The molecule has 1 saturated heterocycles. The molecule has 7 nitrogen and oxygen atoms in total. The summed E-state index contributed by atoms with van der Waals surface area (Å²) in [5.74, 6) is -1.19. The first-order chi connectivity index (χ1) is 11.5. The zero-order chi connectivity index (χ0) is 17.1. The zero-order valence-corrected chi connectivity index (χ0v) is 13.3. The number of para-hydroxylation sites is 1. The number of aliphatic carboxylic acids is 1. The van der Waals surface area contributed by atoms with E-state index in [2.05, 4.69) is 0 Å². The topological polar surface area (TPSA) is 87.2 Å². The molecule has 0 spiro atoms. The van der Waals surface area contributed by atoms with Gasteiger partial charge in [0.1, 0.15) is 6.54 Å². The monoisotopic (exact) mass is 332 g/mol. The first-order valence-electron chi connectivity index (χ1n) is 8.04. The van der Waals surface area contributed by atoms with Crippen LogP contribution in [-0.4, -0.2) is 60.1 Å². The lowest BCUT2D eigenvalue weighted by Crippen LogP contribution is -2.51. The fourth-order valence-corrected chi connectivity index (χ4v) is 3.17. The minimum atomic E-state index is -0.950. The van der Waals surface area contributed by atoms with Crippen LogP contribution in [0.25, 0.3) is 0 Å². The molecule has 24 heavy (non-hydrogen) atoms. The SMILES string of the molecule is O=C(O)CC1CN(C(=O)CN2C(=O)CCc3ccccc32)CCO1. The van der Waals surface area contributed by atoms with Crippen molar-refractivity contribution in [3.63, 3.8) is 0 Å². The van der Waals surface area contributed by atoms with Crippen LogP contribution in [0.2, 0.25) is 0 Å². The lowest BCUT2D eigenvalue weighted by atomic mass is 10.0. The number of hydrogen-bond donors (Lipinski definition) is 1. The van der Waals surface area contributed by atoms with Crippen molar-refractivity contribution in [2.45, 2.75) is 25.4 Å². The average Bonchev–Trinajstić information content (AvgIpc) is 2.57. The summed E-state index contributed by atoms with van der Waals surface area (Å²) in [6.07, 6.45) is 0.465. The van der Waals surface area contributed by atoms with Gasteiger partial charge in [-0.2, -0.15) is 0 Å². The Kier molecular flexibility index (Phi) is 4.80. The molecule has 3 rings (SSSR count). The number of carbonyl (C=O) groups is 3. The highest BCUT2D eigenvalue weighted by Crippen LogP contribution is 2.27. The quantitative estimate of drug-likeness (QED) is 0.875. The van der Waals surface area contributed by atoms with Gasteiger partial charge in [-0.15, -0.1) is 0 Å². The number of hydrogen-bond acceptors (Lipinski definition) is 4. The van der Waals surface area contributed by atoms with Gasteiger partial charge in [0.05, 0.1) is 19.1 Å². The van der Waals surface area contributed by atoms with Crippen LogP contribution in [0.1, 0.15) is 18.4 Å². The summed E-state index contributed by atoms with van der Waals surface area (Å²) in [5.41, 5.74) is 1.85. The second-order valence-electron chi connectivity index (χ2n) is 6.04. The van der Waals surface area contributed by atoms with Crippen LogP contribution < -0.4 is 4.90 Å². The summed E-state index contributed by atoms with van der Waals surface area (Å²) in [5, 5.41) is 8.86. The molecule has 0 saturated carbocycles. The number of carboxylic acids is 1. The molecule has 2 heterocycles. The van der Waals surface area contributed by atoms with E-state index >= 15 is 0 Å². The Morgan fingerprint density at radius 3 is 2.83 bits per heavy atom. The lowest BCUT2D eigenvalue weighted by molar-refractivity contribution is -0.147. The molecular formula is C17H20N2O5. The maximum atomic E-state index is 12.6. The van der Waals surface area contributed by atoms with Gasteiger partial charge in [0, 0.05) is 25.2 Å². The number of fused-ring (bicyclic) bond motifs is 1. The molecule has 1 atom stereocenters. The largest absolute Gasteiger partial charge is 0.481 e. The highest BCUT2D eigenvalue weighted by Gasteiger charge is 2.30. The molecule has 0 radical (unpaired) electrons. The molecule has 7 heteroatoms. The molecule has 0 bridgehead atoms. The van der Waals surface area contributed by atoms with E-state index in [9.17, 15) is 14.4 Å². The minimum absolute atomic E-state index is 0.0182. The fourth-order valence-electron chi connectivity index (χ4n) is 3.17. The normalized spacial score (nSPS) is 20.7. The molecule has 2 aliphatic rings. The Morgan fingerprint density at radius 2 is 2.04 bits per heavy atom. The van der Waals surface area contributed by atoms with Gasteiger partial charge in [-0.05, 0) is 18.1 Å². The molecule has 0 aliphatic carbocycles. The average molecular weight is 332 g/mol. The van der Waals surface area contributed by atoms with Crippen molar-refractivity contribution in [3.8, 4) is 0 Å². The number of carbonyl (C=O) groups excluding carboxylic acids is 2. The smallest absolute Gasteiger partial charge is 0.306 e. The molecule has 1 aromatic carbocycles. The van der Waals surface area contributed by atoms with Gasteiger partial charge >= 0.3 is 5.97 Å². The van der Waals surface area contributed by atoms with Gasteiger partial charge in [-0.25, -0.2) is 0 Å². The van der Waals surface area contributed by atoms with Crippen molar-refractivity contribution < 1.29 is 24.2 Å². The van der Waals surface area contributed by atoms with Crippen molar-refractivity contribution in [3.05, 3.63) is 29.8 Å². The third kappa shape index (κ3) is 3.56. The van der Waals surface area contributed by atoms with Crippen LogP contribution in [0.3, 0.4) is 0 Å². The Morgan fingerprint density at radius 1 is 1.25 bits per heavy atom. The highest BCUT2D eigenvalue weighted by atomic mass is 16.5. The van der Waals surface area contributed by atoms with Crippen LogP contribution in [0.15, 0.2) is 24.3 Å². The second kappa shape index (κ2) is 7.00. The number of amides is 2. The number of nitrogens with zero attached hydrogens (tertiary/aromatic N) is 2. The van der Waals surface area contributed by atoms with E-state index < -0.39 is 12.1 Å². The Labute approximate surface area is 139 Å². The van der Waals surface area contributed by atoms with Gasteiger partial charge in [-0.3, -0.25) is 14.4 Å². The van der Waals surface area contributed by atoms with Crippen molar-refractivity contribution >= 4 is 23.5 Å². The number of morpholine rings is 1. The molecular weight excluding hydrogens is 312 g/mol. The summed E-state index contributed by atoms with van der Waals surface area (Å²) < 4.78 is 5.38. The molecule has 1 fully saturated rings. The van der Waals surface area contributed by atoms with Crippen LogP contribution in [0, 0.1) is 0 Å². The predicted octanol–water partition coefficient (Wildman–Crippen LogP) is 0.668. The maximum absolute atomic E-state index is 12.6. The van der Waals surface area contributed by atoms with E-state index in [1.165, 1.54) is 4.90 Å². The van der Waals surface area contributed by atoms with E-state index in [0.717, 1.165) is 11.3 Å². The molecule has 0 aromatic heterocycles. The summed E-state index contributed by atoms with van der Waals surface area (Å²) in [4.78, 5) is 38.7. The first-order valence-corrected chi connectivity index (χ1v) is 8.04. The van der Waals surface area contributed by atoms with Crippen LogP contribution in [0.5, 0.6) is 0 Å². The third-order valence-corrected chi connectivity index (χ3v) is 4.38. The summed E-state index contributed by atoms with van der Waals surface area (Å²) in [6.45, 7) is 0.956. The number of carboxylic acid groups (broad SMARTS) is 1. The number of anilines is 1. The minimum Gasteiger partial charge on any atom is -0.481 e. The van der Waals surface area contributed by atoms with Crippen molar-refractivity contribution in [1.82, 2.24) is 4.90 Å². The second-order valence-corrected chi connectivity index (χ2v) is 6.04. The van der Waals surface area contributed by atoms with Gasteiger partial charge in [0.15, 0.2) is 0 Å². The number of benzene rings is 1. The Bertz CT molecular complexity index is 660.